The molecule has 2 aliphatic rings. The van der Waals surface area contributed by atoms with Crippen molar-refractivity contribution in [1.82, 2.24) is 9.80 Å². The first kappa shape index (κ1) is 19.5. The van der Waals surface area contributed by atoms with Gasteiger partial charge in [0.25, 0.3) is 5.69 Å². The molecule has 2 atom stereocenters. The fourth-order valence-electron chi connectivity index (χ4n) is 3.68. The normalized spacial score (nSPS) is 22.5. The van der Waals surface area contributed by atoms with E-state index in [1.54, 1.807) is 0 Å². The van der Waals surface area contributed by atoms with Gasteiger partial charge in [-0.15, -0.1) is 0 Å². The fourth-order valence-corrected chi connectivity index (χ4v) is 3.68. The van der Waals surface area contributed by atoms with Gasteiger partial charge in [-0.3, -0.25) is 29.4 Å². The minimum Gasteiger partial charge on any atom is -0.324 e. The number of amides is 5. The summed E-state index contributed by atoms with van der Waals surface area (Å²) in [6.07, 6.45) is 3.38. The van der Waals surface area contributed by atoms with Crippen LogP contribution in [0.5, 0.6) is 0 Å². The van der Waals surface area contributed by atoms with E-state index in [9.17, 15) is 29.3 Å². The van der Waals surface area contributed by atoms with Crippen molar-refractivity contribution >= 4 is 35.1 Å². The summed E-state index contributed by atoms with van der Waals surface area (Å²) in [6, 6.07) is 4.14. The van der Waals surface area contributed by atoms with Gasteiger partial charge in [0.05, 0.1) is 4.92 Å². The molecule has 28 heavy (non-hydrogen) atoms. The summed E-state index contributed by atoms with van der Waals surface area (Å²) in [5.41, 5.74) is -0.0545. The lowest BCUT2D eigenvalue weighted by Crippen LogP contribution is -2.46. The number of imide groups is 2. The van der Waals surface area contributed by atoms with Crippen molar-refractivity contribution in [1.29, 1.82) is 0 Å². The summed E-state index contributed by atoms with van der Waals surface area (Å²) in [6.45, 7) is 1.30. The predicted octanol–water partition coefficient (Wildman–Crippen LogP) is 1.90. The molecule has 1 N–H and O–H groups in total. The molecular formula is C18H20N4O6. The van der Waals surface area contributed by atoms with Crippen LogP contribution in [0.4, 0.5) is 16.2 Å². The predicted molar refractivity (Wildman–Crippen MR) is 97.1 cm³/mol. The average Bonchev–Trinajstić information content (AvgIpc) is 2.86. The molecule has 148 valence electrons. The van der Waals surface area contributed by atoms with E-state index < -0.39 is 35.2 Å². The summed E-state index contributed by atoms with van der Waals surface area (Å²) < 4.78 is 0. The third-order valence-electron chi connectivity index (χ3n) is 5.12. The Bertz CT molecular complexity index is 854. The van der Waals surface area contributed by atoms with E-state index in [0.29, 0.717) is 11.3 Å². The van der Waals surface area contributed by atoms with Crippen molar-refractivity contribution in [2.24, 2.45) is 5.92 Å². The molecule has 10 heteroatoms. The zero-order chi connectivity index (χ0) is 20.4. The van der Waals surface area contributed by atoms with Gasteiger partial charge in [0, 0.05) is 23.9 Å². The number of nitrogens with one attached hydrogen (secondary N) is 1. The molecule has 10 nitrogen and oxygen atoms in total. The van der Waals surface area contributed by atoms with Gasteiger partial charge in [-0.1, -0.05) is 25.8 Å². The lowest BCUT2D eigenvalue weighted by atomic mass is 9.85. The number of carbonyl (C=O) groups excluding carboxylic acids is 4. The van der Waals surface area contributed by atoms with Gasteiger partial charge in [-0.05, 0) is 24.8 Å². The highest BCUT2D eigenvalue weighted by Crippen LogP contribution is 2.31. The van der Waals surface area contributed by atoms with E-state index in [4.69, 9.17) is 0 Å². The maximum Gasteiger partial charge on any atom is 0.334 e. The number of hydrogen-bond acceptors (Lipinski definition) is 6. The third kappa shape index (κ3) is 3.71. The monoisotopic (exact) mass is 388 g/mol. The number of benzene rings is 1. The van der Waals surface area contributed by atoms with Crippen LogP contribution in [0.2, 0.25) is 0 Å². The van der Waals surface area contributed by atoms with E-state index >= 15 is 0 Å². The molecule has 0 spiro atoms. The molecular weight excluding hydrogens is 368 g/mol. The largest absolute Gasteiger partial charge is 0.334 e. The third-order valence-corrected chi connectivity index (χ3v) is 5.12. The van der Waals surface area contributed by atoms with Gasteiger partial charge in [0.2, 0.25) is 5.91 Å². The Labute approximate surface area is 160 Å². The maximum absolute atomic E-state index is 12.6. The molecule has 5 amide bonds. The number of rotatable bonds is 5. The average molecular weight is 388 g/mol. The van der Waals surface area contributed by atoms with Crippen LogP contribution >= 0.6 is 0 Å². The second-order valence-electron chi connectivity index (χ2n) is 7.03. The maximum atomic E-state index is 12.6. The first-order chi connectivity index (χ1) is 13.3. The first-order valence-electron chi connectivity index (χ1n) is 9.03. The summed E-state index contributed by atoms with van der Waals surface area (Å²) >= 11 is 0. The second-order valence-corrected chi connectivity index (χ2v) is 7.03. The van der Waals surface area contributed by atoms with Crippen LogP contribution in [0.3, 0.4) is 0 Å². The topological polar surface area (TPSA) is 130 Å². The molecule has 1 aromatic rings. The van der Waals surface area contributed by atoms with E-state index in [1.807, 2.05) is 6.92 Å². The van der Waals surface area contributed by atoms with Gasteiger partial charge in [-0.25, -0.2) is 9.69 Å². The fraction of sp³-hybridized carbons (Fsp3) is 0.444. The quantitative estimate of drug-likeness (QED) is 0.355. The molecule has 1 saturated heterocycles. The second kappa shape index (κ2) is 7.75. The lowest BCUT2D eigenvalue weighted by molar-refractivity contribution is -0.384. The Morgan fingerprint density at radius 2 is 1.93 bits per heavy atom. The molecule has 0 bridgehead atoms. The summed E-state index contributed by atoms with van der Waals surface area (Å²) in [4.78, 5) is 61.3. The van der Waals surface area contributed by atoms with E-state index in [0.717, 1.165) is 30.2 Å². The Kier molecular flexibility index (Phi) is 5.39. The van der Waals surface area contributed by atoms with Crippen LogP contribution in [0.15, 0.2) is 24.3 Å². The number of nitro groups is 1. The molecule has 0 radical (unpaired) electrons. The Balaban J connectivity index is 1.70. The number of hydrogen-bond donors (Lipinski definition) is 1. The SMILES string of the molecule is C[C@@H]1CCCC[C@@H]1N1C(=O)C(=O)N(CC(=O)Nc2cccc([N+](=O)[O-])c2)C1=O. The van der Waals surface area contributed by atoms with Crippen molar-refractivity contribution in [2.45, 2.75) is 38.6 Å². The number of urea groups is 1. The van der Waals surface area contributed by atoms with Crippen LogP contribution in [0, 0.1) is 16.0 Å². The summed E-state index contributed by atoms with van der Waals surface area (Å²) in [5.74, 6) is -2.58. The van der Waals surface area contributed by atoms with Crippen LogP contribution in [-0.2, 0) is 14.4 Å². The smallest absolute Gasteiger partial charge is 0.324 e. The first-order valence-corrected chi connectivity index (χ1v) is 9.03. The molecule has 1 saturated carbocycles. The van der Waals surface area contributed by atoms with Gasteiger partial charge in [0.15, 0.2) is 0 Å². The molecule has 0 aromatic heterocycles. The number of nitro benzene ring substituents is 1. The highest BCUT2D eigenvalue weighted by molar-refractivity contribution is 6.45. The Hall–Kier alpha value is -3.30. The molecule has 1 heterocycles. The number of nitrogens with zero attached hydrogens (tertiary/aromatic N) is 3. The highest BCUT2D eigenvalue weighted by atomic mass is 16.6. The van der Waals surface area contributed by atoms with Gasteiger partial charge in [-0.2, -0.15) is 0 Å². The van der Waals surface area contributed by atoms with Crippen molar-refractivity contribution in [3.8, 4) is 0 Å². The van der Waals surface area contributed by atoms with Gasteiger partial charge in [0.1, 0.15) is 6.54 Å². The number of non-ortho nitro benzene ring substituents is 1. The molecule has 1 aromatic carbocycles. The van der Waals surface area contributed by atoms with Crippen LogP contribution in [-0.4, -0.2) is 51.1 Å². The van der Waals surface area contributed by atoms with Crippen LogP contribution in [0.25, 0.3) is 0 Å². The Morgan fingerprint density at radius 3 is 2.61 bits per heavy atom. The standard InChI is InChI=1S/C18H20N4O6/c1-11-5-2-3-8-14(11)21-17(25)16(24)20(18(21)26)10-15(23)19-12-6-4-7-13(9-12)22(27)28/h4,6-7,9,11,14H,2-3,5,8,10H2,1H3,(H,19,23)/t11-,14+/m1/s1. The molecule has 0 unspecified atom stereocenters. The van der Waals surface area contributed by atoms with Gasteiger partial charge >= 0.3 is 17.8 Å². The molecule has 3 rings (SSSR count). The highest BCUT2D eigenvalue weighted by Gasteiger charge is 2.49. The van der Waals surface area contributed by atoms with Crippen LogP contribution < -0.4 is 5.32 Å². The van der Waals surface area contributed by atoms with Gasteiger partial charge < -0.3 is 5.32 Å². The minimum absolute atomic E-state index is 0.0908. The zero-order valence-electron chi connectivity index (χ0n) is 15.3. The Morgan fingerprint density at radius 1 is 1.21 bits per heavy atom. The molecule has 2 fully saturated rings. The van der Waals surface area contributed by atoms with Crippen molar-refractivity contribution in [2.75, 3.05) is 11.9 Å². The van der Waals surface area contributed by atoms with Crippen molar-refractivity contribution < 1.29 is 24.1 Å². The summed E-state index contributed by atoms with van der Waals surface area (Å²) in [7, 11) is 0. The van der Waals surface area contributed by atoms with E-state index in [-0.39, 0.29) is 23.3 Å². The number of anilines is 1. The van der Waals surface area contributed by atoms with Crippen molar-refractivity contribution in [3.63, 3.8) is 0 Å². The van der Waals surface area contributed by atoms with E-state index in [1.165, 1.54) is 18.2 Å². The lowest BCUT2D eigenvalue weighted by Gasteiger charge is -2.34. The summed E-state index contributed by atoms with van der Waals surface area (Å²) in [5, 5.41) is 13.2. The zero-order valence-corrected chi connectivity index (χ0v) is 15.3. The minimum atomic E-state index is -1.03. The van der Waals surface area contributed by atoms with Crippen LogP contribution in [0.1, 0.15) is 32.6 Å². The molecule has 1 aliphatic heterocycles. The van der Waals surface area contributed by atoms with E-state index in [2.05, 4.69) is 5.32 Å². The van der Waals surface area contributed by atoms with Crippen molar-refractivity contribution in [3.05, 3.63) is 34.4 Å². The number of carbonyl (C=O) groups is 4. The molecule has 1 aliphatic carbocycles.